The molecule has 3 heteroatoms. The Morgan fingerprint density at radius 2 is 2.33 bits per heavy atom. The molecular formula is C9H15NO2. The number of rotatable bonds is 3. The molecule has 0 saturated carbocycles. The van der Waals surface area contributed by atoms with Crippen molar-refractivity contribution in [3.05, 3.63) is 0 Å². The highest BCUT2D eigenvalue weighted by Crippen LogP contribution is 2.23. The second kappa shape index (κ2) is 3.70. The number of hydrogen-bond donors (Lipinski definition) is 1. The largest absolute Gasteiger partial charge is 0.355 e. The van der Waals surface area contributed by atoms with E-state index in [1.165, 1.54) is 0 Å². The normalized spacial score (nSPS) is 29.1. The summed E-state index contributed by atoms with van der Waals surface area (Å²) in [6.07, 6.45) is 1.71. The zero-order chi connectivity index (χ0) is 9.14. The summed E-state index contributed by atoms with van der Waals surface area (Å²) in [5.74, 6) is 0.337. The van der Waals surface area contributed by atoms with Gasteiger partial charge in [-0.2, -0.15) is 0 Å². The molecular weight excluding hydrogens is 154 g/mol. The summed E-state index contributed by atoms with van der Waals surface area (Å²) in [6.45, 7) is 4.65. The van der Waals surface area contributed by atoms with Gasteiger partial charge in [0.2, 0.25) is 5.91 Å². The van der Waals surface area contributed by atoms with E-state index < -0.39 is 0 Å². The van der Waals surface area contributed by atoms with Gasteiger partial charge >= 0.3 is 0 Å². The molecule has 0 aliphatic carbocycles. The fourth-order valence-electron chi connectivity index (χ4n) is 1.62. The quantitative estimate of drug-likeness (QED) is 0.629. The molecule has 0 aromatic rings. The fraction of sp³-hybridized carbons (Fsp3) is 0.778. The van der Waals surface area contributed by atoms with Crippen molar-refractivity contribution in [2.24, 2.45) is 17.8 Å². The fourth-order valence-corrected chi connectivity index (χ4v) is 1.62. The second-order valence-corrected chi connectivity index (χ2v) is 3.78. The van der Waals surface area contributed by atoms with Crippen molar-refractivity contribution in [2.45, 2.75) is 20.3 Å². The number of aldehydes is 1. The van der Waals surface area contributed by atoms with Crippen LogP contribution < -0.4 is 5.32 Å². The van der Waals surface area contributed by atoms with E-state index in [0.29, 0.717) is 12.5 Å². The van der Waals surface area contributed by atoms with E-state index in [-0.39, 0.29) is 17.7 Å². The molecule has 1 N–H and O–H groups in total. The van der Waals surface area contributed by atoms with Crippen molar-refractivity contribution >= 4 is 12.2 Å². The summed E-state index contributed by atoms with van der Waals surface area (Å²) >= 11 is 0. The smallest absolute Gasteiger partial charge is 0.223 e. The number of hydrogen-bond acceptors (Lipinski definition) is 2. The Balaban J connectivity index is 2.57. The summed E-state index contributed by atoms with van der Waals surface area (Å²) in [7, 11) is 0. The maximum atomic E-state index is 11.2. The highest BCUT2D eigenvalue weighted by atomic mass is 16.2. The molecule has 1 amide bonds. The van der Waals surface area contributed by atoms with Gasteiger partial charge in [-0.05, 0) is 12.3 Å². The minimum atomic E-state index is -0.0973. The number of nitrogens with one attached hydrogen (secondary N) is 1. The monoisotopic (exact) mass is 169 g/mol. The van der Waals surface area contributed by atoms with Crippen LogP contribution in [-0.2, 0) is 9.59 Å². The van der Waals surface area contributed by atoms with Crippen LogP contribution in [0.4, 0.5) is 0 Å². The van der Waals surface area contributed by atoms with Gasteiger partial charge in [0.15, 0.2) is 0 Å². The van der Waals surface area contributed by atoms with Crippen LogP contribution in [0.15, 0.2) is 0 Å². The molecule has 68 valence electrons. The molecule has 2 unspecified atom stereocenters. The maximum Gasteiger partial charge on any atom is 0.223 e. The van der Waals surface area contributed by atoms with Crippen LogP contribution in [0.2, 0.25) is 0 Å². The molecule has 0 radical (unpaired) electrons. The molecule has 1 rings (SSSR count). The molecule has 12 heavy (non-hydrogen) atoms. The van der Waals surface area contributed by atoms with Crippen LogP contribution in [0.5, 0.6) is 0 Å². The predicted molar refractivity (Wildman–Crippen MR) is 45.5 cm³/mol. The Kier molecular flexibility index (Phi) is 2.84. The second-order valence-electron chi connectivity index (χ2n) is 3.78. The zero-order valence-electron chi connectivity index (χ0n) is 7.54. The van der Waals surface area contributed by atoms with E-state index in [1.54, 1.807) is 0 Å². The number of carbonyl (C=O) groups excluding carboxylic acids is 2. The first kappa shape index (κ1) is 9.23. The lowest BCUT2D eigenvalue weighted by molar-refractivity contribution is -0.125. The molecule has 1 fully saturated rings. The Morgan fingerprint density at radius 3 is 2.83 bits per heavy atom. The number of carbonyl (C=O) groups is 2. The number of amides is 1. The standard InChI is InChI=1S/C9H15NO2/c1-6(2)3-8-7(5-11)4-10-9(8)12/h5-8H,3-4H2,1-2H3,(H,10,12). The van der Waals surface area contributed by atoms with Crippen LogP contribution in [0.3, 0.4) is 0 Å². The van der Waals surface area contributed by atoms with Gasteiger partial charge in [-0.1, -0.05) is 13.8 Å². The zero-order valence-corrected chi connectivity index (χ0v) is 7.54. The SMILES string of the molecule is CC(C)CC1C(=O)NCC1C=O. The van der Waals surface area contributed by atoms with Crippen molar-refractivity contribution in [1.29, 1.82) is 0 Å². The lowest BCUT2D eigenvalue weighted by Crippen LogP contribution is -2.21. The first-order chi connectivity index (χ1) is 5.65. The third-order valence-corrected chi connectivity index (χ3v) is 2.27. The van der Waals surface area contributed by atoms with E-state index in [0.717, 1.165) is 12.7 Å². The molecule has 1 saturated heterocycles. The first-order valence-corrected chi connectivity index (χ1v) is 4.38. The topological polar surface area (TPSA) is 46.2 Å². The van der Waals surface area contributed by atoms with E-state index in [4.69, 9.17) is 0 Å². The van der Waals surface area contributed by atoms with Gasteiger partial charge in [0, 0.05) is 18.4 Å². The summed E-state index contributed by atoms with van der Waals surface area (Å²) in [5, 5.41) is 2.71. The molecule has 1 aliphatic heterocycles. The van der Waals surface area contributed by atoms with Crippen LogP contribution in [0.25, 0.3) is 0 Å². The van der Waals surface area contributed by atoms with Crippen LogP contribution in [0, 0.1) is 17.8 Å². The van der Waals surface area contributed by atoms with Gasteiger partial charge in [-0.25, -0.2) is 0 Å². The first-order valence-electron chi connectivity index (χ1n) is 4.38. The van der Waals surface area contributed by atoms with Gasteiger partial charge in [-0.15, -0.1) is 0 Å². The van der Waals surface area contributed by atoms with Gasteiger partial charge in [0.05, 0.1) is 0 Å². The lowest BCUT2D eigenvalue weighted by atomic mass is 9.89. The molecule has 0 aromatic carbocycles. The Hall–Kier alpha value is -0.860. The van der Waals surface area contributed by atoms with Gasteiger partial charge < -0.3 is 10.1 Å². The van der Waals surface area contributed by atoms with Gasteiger partial charge in [-0.3, -0.25) is 4.79 Å². The molecule has 0 aromatic heterocycles. The molecule has 1 aliphatic rings. The molecule has 1 heterocycles. The van der Waals surface area contributed by atoms with Crippen LogP contribution in [0.1, 0.15) is 20.3 Å². The Morgan fingerprint density at radius 1 is 1.67 bits per heavy atom. The molecule has 0 spiro atoms. The van der Waals surface area contributed by atoms with E-state index >= 15 is 0 Å². The minimum absolute atomic E-state index is 0.0424. The van der Waals surface area contributed by atoms with E-state index in [2.05, 4.69) is 19.2 Å². The van der Waals surface area contributed by atoms with Crippen molar-refractivity contribution in [2.75, 3.05) is 6.54 Å². The summed E-state index contributed by atoms with van der Waals surface area (Å²) in [5.41, 5.74) is 0. The highest BCUT2D eigenvalue weighted by molar-refractivity contribution is 5.85. The average Bonchev–Trinajstić information content (AvgIpc) is 2.32. The van der Waals surface area contributed by atoms with Crippen molar-refractivity contribution in [1.82, 2.24) is 5.32 Å². The van der Waals surface area contributed by atoms with Crippen molar-refractivity contribution < 1.29 is 9.59 Å². The Labute approximate surface area is 72.5 Å². The molecule has 3 nitrogen and oxygen atoms in total. The van der Waals surface area contributed by atoms with E-state index in [9.17, 15) is 9.59 Å². The maximum absolute atomic E-state index is 11.2. The summed E-state index contributed by atoms with van der Waals surface area (Å²) in [6, 6.07) is 0. The molecule has 0 bridgehead atoms. The van der Waals surface area contributed by atoms with Gasteiger partial charge in [0.1, 0.15) is 6.29 Å². The highest BCUT2D eigenvalue weighted by Gasteiger charge is 2.34. The Bertz CT molecular complexity index is 189. The van der Waals surface area contributed by atoms with E-state index in [1.807, 2.05) is 0 Å². The van der Waals surface area contributed by atoms with Crippen molar-refractivity contribution in [3.63, 3.8) is 0 Å². The van der Waals surface area contributed by atoms with Crippen LogP contribution >= 0.6 is 0 Å². The summed E-state index contributed by atoms with van der Waals surface area (Å²) in [4.78, 5) is 21.8. The van der Waals surface area contributed by atoms with Crippen LogP contribution in [-0.4, -0.2) is 18.7 Å². The lowest BCUT2D eigenvalue weighted by Gasteiger charge is -2.12. The third-order valence-electron chi connectivity index (χ3n) is 2.27. The van der Waals surface area contributed by atoms with Gasteiger partial charge in [0.25, 0.3) is 0 Å². The third kappa shape index (κ3) is 1.84. The van der Waals surface area contributed by atoms with Crippen molar-refractivity contribution in [3.8, 4) is 0 Å². The minimum Gasteiger partial charge on any atom is -0.355 e. The molecule has 2 atom stereocenters. The summed E-state index contributed by atoms with van der Waals surface area (Å²) < 4.78 is 0. The predicted octanol–water partition coefficient (Wildman–Crippen LogP) is 0.594. The average molecular weight is 169 g/mol.